The van der Waals surface area contributed by atoms with Crippen LogP contribution in [0.4, 0.5) is 0 Å². The SMILES string of the molecule is CCCCCCCCCn1c(C)[n+](CCCCCCCCC)c2cc(C)c(C)cc21. The molecule has 2 nitrogen and oxygen atoms in total. The lowest BCUT2D eigenvalue weighted by Gasteiger charge is -2.03. The van der Waals surface area contributed by atoms with Gasteiger partial charge in [-0.3, -0.25) is 0 Å². The maximum absolute atomic E-state index is 2.61. The molecular formula is C28H49N2+. The van der Waals surface area contributed by atoms with Crippen LogP contribution in [0.5, 0.6) is 0 Å². The molecule has 0 N–H and O–H groups in total. The molecule has 0 aliphatic heterocycles. The van der Waals surface area contributed by atoms with Gasteiger partial charge in [-0.15, -0.1) is 0 Å². The quantitative estimate of drug-likeness (QED) is 0.193. The van der Waals surface area contributed by atoms with Crippen molar-refractivity contribution in [2.75, 3.05) is 0 Å². The van der Waals surface area contributed by atoms with E-state index in [1.54, 1.807) is 0 Å². The van der Waals surface area contributed by atoms with E-state index < -0.39 is 0 Å². The molecule has 170 valence electrons. The Kier molecular flexibility index (Phi) is 11.6. The number of rotatable bonds is 16. The largest absolute Gasteiger partial charge is 0.254 e. The summed E-state index contributed by atoms with van der Waals surface area (Å²) >= 11 is 0. The zero-order chi connectivity index (χ0) is 21.8. The van der Waals surface area contributed by atoms with E-state index in [0.29, 0.717) is 0 Å². The van der Waals surface area contributed by atoms with Gasteiger partial charge in [0.1, 0.15) is 0 Å². The number of nitrogens with zero attached hydrogens (tertiary/aromatic N) is 2. The second-order valence-electron chi connectivity index (χ2n) is 9.52. The summed E-state index contributed by atoms with van der Waals surface area (Å²) in [7, 11) is 0. The Hall–Kier alpha value is -1.31. The first-order valence-corrected chi connectivity index (χ1v) is 13.1. The fourth-order valence-electron chi connectivity index (χ4n) is 4.73. The van der Waals surface area contributed by atoms with Crippen molar-refractivity contribution in [1.29, 1.82) is 0 Å². The van der Waals surface area contributed by atoms with Crippen molar-refractivity contribution in [3.8, 4) is 0 Å². The maximum atomic E-state index is 2.61. The summed E-state index contributed by atoms with van der Waals surface area (Å²) in [5.74, 6) is 1.45. The molecule has 0 fully saturated rings. The van der Waals surface area contributed by atoms with Crippen LogP contribution < -0.4 is 4.57 Å². The molecule has 1 aromatic carbocycles. The molecule has 0 atom stereocenters. The molecule has 0 aliphatic rings. The first-order chi connectivity index (χ1) is 14.6. The number of hydrogen-bond acceptors (Lipinski definition) is 0. The minimum atomic E-state index is 1.17. The van der Waals surface area contributed by atoms with Gasteiger partial charge in [0.15, 0.2) is 11.0 Å². The topological polar surface area (TPSA) is 8.81 Å². The number of unbranched alkanes of at least 4 members (excludes halogenated alkanes) is 12. The van der Waals surface area contributed by atoms with Gasteiger partial charge in [-0.2, -0.15) is 0 Å². The summed E-state index contributed by atoms with van der Waals surface area (Å²) in [6.07, 6.45) is 19.3. The third kappa shape index (κ3) is 7.43. The monoisotopic (exact) mass is 413 g/mol. The smallest absolute Gasteiger partial charge is 0.227 e. The number of aryl methyl sites for hydroxylation is 4. The van der Waals surface area contributed by atoms with E-state index in [4.69, 9.17) is 0 Å². The molecule has 0 unspecified atom stereocenters. The number of hydrogen-bond donors (Lipinski definition) is 0. The molecule has 2 rings (SSSR count). The van der Waals surface area contributed by atoms with Crippen molar-refractivity contribution in [3.05, 3.63) is 29.1 Å². The highest BCUT2D eigenvalue weighted by Gasteiger charge is 2.21. The normalized spacial score (nSPS) is 11.6. The maximum Gasteiger partial charge on any atom is 0.254 e. The first kappa shape index (κ1) is 25.0. The van der Waals surface area contributed by atoms with Gasteiger partial charge in [0.25, 0.3) is 5.82 Å². The molecule has 0 aliphatic carbocycles. The number of imidazole rings is 1. The molecule has 1 aromatic heterocycles. The Balaban J connectivity index is 1.99. The summed E-state index contributed by atoms with van der Waals surface area (Å²) in [6, 6.07) is 4.86. The molecule has 2 heteroatoms. The predicted molar refractivity (Wildman–Crippen MR) is 132 cm³/mol. The van der Waals surface area contributed by atoms with E-state index in [2.05, 4.69) is 55.9 Å². The van der Waals surface area contributed by atoms with E-state index >= 15 is 0 Å². The lowest BCUT2D eigenvalue weighted by molar-refractivity contribution is -0.679. The first-order valence-electron chi connectivity index (χ1n) is 13.1. The minimum Gasteiger partial charge on any atom is -0.227 e. The Morgan fingerprint density at radius 2 is 1.13 bits per heavy atom. The molecule has 0 saturated heterocycles. The van der Waals surface area contributed by atoms with E-state index in [1.807, 2.05) is 0 Å². The molecule has 1 heterocycles. The van der Waals surface area contributed by atoms with Crippen molar-refractivity contribution < 1.29 is 4.57 Å². The Morgan fingerprint density at radius 3 is 1.73 bits per heavy atom. The van der Waals surface area contributed by atoms with Crippen LogP contribution in [0.25, 0.3) is 11.0 Å². The summed E-state index contributed by atoms with van der Waals surface area (Å²) in [5, 5.41) is 0. The highest BCUT2D eigenvalue weighted by atomic mass is 15.2. The molecule has 0 saturated carbocycles. The Morgan fingerprint density at radius 1 is 0.633 bits per heavy atom. The summed E-state index contributed by atoms with van der Waals surface area (Å²) in [5.41, 5.74) is 5.74. The Bertz CT molecular complexity index is 680. The van der Waals surface area contributed by atoms with Crippen LogP contribution in [0.15, 0.2) is 12.1 Å². The van der Waals surface area contributed by atoms with Gasteiger partial charge in [0.05, 0.1) is 13.1 Å². The van der Waals surface area contributed by atoms with Crippen LogP contribution in [0, 0.1) is 20.8 Å². The second-order valence-corrected chi connectivity index (χ2v) is 9.52. The van der Waals surface area contributed by atoms with Crippen molar-refractivity contribution >= 4 is 11.0 Å². The van der Waals surface area contributed by atoms with Crippen LogP contribution >= 0.6 is 0 Å². The summed E-state index contributed by atoms with van der Waals surface area (Å²) < 4.78 is 5.21. The van der Waals surface area contributed by atoms with Crippen molar-refractivity contribution in [1.82, 2.24) is 4.57 Å². The fourth-order valence-corrected chi connectivity index (χ4v) is 4.73. The molecule has 30 heavy (non-hydrogen) atoms. The standard InChI is InChI=1S/C28H49N2/c1-6-8-10-12-14-16-18-20-29-26(5)30(21-19-17-15-13-11-9-7-2)28-23-25(4)24(3)22-27(28)29/h22-23H,6-21H2,1-5H3/q+1. The predicted octanol–water partition coefficient (Wildman–Crippen LogP) is 8.36. The third-order valence-corrected chi connectivity index (χ3v) is 6.92. The van der Waals surface area contributed by atoms with E-state index in [9.17, 15) is 0 Å². The van der Waals surface area contributed by atoms with E-state index in [-0.39, 0.29) is 0 Å². The fraction of sp³-hybridized carbons (Fsp3) is 0.750. The number of aromatic nitrogens is 2. The number of benzene rings is 1. The van der Waals surface area contributed by atoms with Crippen molar-refractivity contribution in [3.63, 3.8) is 0 Å². The van der Waals surface area contributed by atoms with Gasteiger partial charge in [-0.1, -0.05) is 78.1 Å². The molecule has 0 radical (unpaired) electrons. The van der Waals surface area contributed by atoms with Gasteiger partial charge in [-0.25, -0.2) is 9.13 Å². The van der Waals surface area contributed by atoms with Crippen LogP contribution in [0.3, 0.4) is 0 Å². The average Bonchev–Trinajstić information content (AvgIpc) is 2.97. The second kappa shape index (κ2) is 13.9. The summed E-state index contributed by atoms with van der Waals surface area (Å²) in [6.45, 7) is 13.8. The van der Waals surface area contributed by atoms with Crippen LogP contribution in [-0.2, 0) is 13.1 Å². The van der Waals surface area contributed by atoms with Crippen molar-refractivity contribution in [2.45, 2.75) is 138 Å². The number of fused-ring (bicyclic) bond motifs is 1. The van der Waals surface area contributed by atoms with Gasteiger partial charge >= 0.3 is 0 Å². The highest BCUT2D eigenvalue weighted by Crippen LogP contribution is 2.21. The zero-order valence-corrected chi connectivity index (χ0v) is 20.9. The highest BCUT2D eigenvalue weighted by molar-refractivity contribution is 5.74. The van der Waals surface area contributed by atoms with Gasteiger partial charge in [0.2, 0.25) is 0 Å². The molecule has 0 bridgehead atoms. The zero-order valence-electron chi connectivity index (χ0n) is 20.9. The van der Waals surface area contributed by atoms with Crippen molar-refractivity contribution in [2.24, 2.45) is 0 Å². The minimum absolute atomic E-state index is 1.17. The molecular weight excluding hydrogens is 364 g/mol. The van der Waals surface area contributed by atoms with Crippen LogP contribution in [0.2, 0.25) is 0 Å². The summed E-state index contributed by atoms with van der Waals surface area (Å²) in [4.78, 5) is 0. The molecule has 0 amide bonds. The molecule has 2 aromatic rings. The molecule has 0 spiro atoms. The van der Waals surface area contributed by atoms with Gasteiger partial charge in [-0.05, 0) is 62.8 Å². The Labute approximate surface area is 187 Å². The average molecular weight is 414 g/mol. The van der Waals surface area contributed by atoms with Crippen LogP contribution in [-0.4, -0.2) is 4.57 Å². The van der Waals surface area contributed by atoms with Gasteiger partial charge in [0, 0.05) is 6.92 Å². The third-order valence-electron chi connectivity index (χ3n) is 6.92. The lowest BCUT2D eigenvalue weighted by Crippen LogP contribution is -2.36. The van der Waals surface area contributed by atoms with Crippen LogP contribution in [0.1, 0.15) is 121 Å². The van der Waals surface area contributed by atoms with E-state index in [0.717, 1.165) is 0 Å². The van der Waals surface area contributed by atoms with E-state index in [1.165, 1.54) is 131 Å². The lowest BCUT2D eigenvalue weighted by atomic mass is 10.1. The van der Waals surface area contributed by atoms with Gasteiger partial charge < -0.3 is 0 Å².